The minimum Gasteiger partial charge on any atom is -0.492 e. The quantitative estimate of drug-likeness (QED) is 0.772. The Morgan fingerprint density at radius 2 is 1.80 bits per heavy atom. The number of ether oxygens (including phenoxy) is 1. The second-order valence-corrected chi connectivity index (χ2v) is 8.11. The molecule has 0 amide bonds. The van der Waals surface area contributed by atoms with Crippen molar-refractivity contribution in [2.24, 2.45) is 0 Å². The Bertz CT molecular complexity index is 799. The van der Waals surface area contributed by atoms with Gasteiger partial charge in [0.15, 0.2) is 0 Å². The molecule has 0 fully saturated rings. The van der Waals surface area contributed by atoms with Crippen molar-refractivity contribution >= 4 is 10.0 Å². The van der Waals surface area contributed by atoms with E-state index < -0.39 is 10.0 Å². The lowest BCUT2D eigenvalue weighted by atomic mass is 9.98. The fourth-order valence-corrected chi connectivity index (χ4v) is 4.02. The van der Waals surface area contributed by atoms with Crippen LogP contribution < -0.4 is 9.46 Å². The van der Waals surface area contributed by atoms with Crippen LogP contribution in [0.15, 0.2) is 47.4 Å². The summed E-state index contributed by atoms with van der Waals surface area (Å²) in [7, 11) is -3.63. The molecule has 25 heavy (non-hydrogen) atoms. The minimum atomic E-state index is -3.63. The molecule has 0 atom stereocenters. The van der Waals surface area contributed by atoms with Crippen molar-refractivity contribution in [3.63, 3.8) is 0 Å². The van der Waals surface area contributed by atoms with Crippen LogP contribution in [0, 0.1) is 6.92 Å². The first-order chi connectivity index (χ1) is 11.8. The van der Waals surface area contributed by atoms with Gasteiger partial charge >= 0.3 is 0 Å². The number of aryl methyl sites for hydroxylation is 1. The zero-order valence-corrected chi connectivity index (χ0v) is 16.2. The average molecular weight is 362 g/mol. The van der Waals surface area contributed by atoms with E-state index in [-0.39, 0.29) is 10.8 Å². The van der Waals surface area contributed by atoms with Gasteiger partial charge in [-0.15, -0.1) is 0 Å². The smallest absolute Gasteiger partial charge is 0.244 e. The SMILES string of the molecule is CCOc1cc(C)c(C(C)C)cc1S(=O)(=O)NCCc1ccccc1. The fraction of sp³-hybridized carbons (Fsp3) is 0.400. The van der Waals surface area contributed by atoms with E-state index in [0.717, 1.165) is 16.7 Å². The summed E-state index contributed by atoms with van der Waals surface area (Å²) in [5, 5.41) is 0. The van der Waals surface area contributed by atoms with E-state index in [4.69, 9.17) is 4.74 Å². The van der Waals surface area contributed by atoms with E-state index in [9.17, 15) is 8.42 Å². The molecule has 2 aromatic carbocycles. The van der Waals surface area contributed by atoms with Gasteiger partial charge in [0.05, 0.1) is 6.61 Å². The third kappa shape index (κ3) is 5.06. The van der Waals surface area contributed by atoms with Gasteiger partial charge in [-0.1, -0.05) is 44.2 Å². The molecule has 0 aromatic heterocycles. The molecule has 0 aliphatic rings. The first-order valence-corrected chi connectivity index (χ1v) is 10.1. The highest BCUT2D eigenvalue weighted by atomic mass is 32.2. The summed E-state index contributed by atoms with van der Waals surface area (Å²) >= 11 is 0. The Hall–Kier alpha value is -1.85. The standard InChI is InChI=1S/C20H27NO3S/c1-5-24-19-13-16(4)18(15(2)3)14-20(19)25(22,23)21-12-11-17-9-7-6-8-10-17/h6-10,13-15,21H,5,11-12H2,1-4H3. The van der Waals surface area contributed by atoms with Gasteiger partial charge in [0.25, 0.3) is 0 Å². The summed E-state index contributed by atoms with van der Waals surface area (Å²) in [5.41, 5.74) is 3.16. The molecular weight excluding hydrogens is 334 g/mol. The van der Waals surface area contributed by atoms with Gasteiger partial charge in [0.1, 0.15) is 10.6 Å². The van der Waals surface area contributed by atoms with Crippen LogP contribution in [-0.2, 0) is 16.4 Å². The first kappa shape index (κ1) is 19.5. The molecule has 0 spiro atoms. The van der Waals surface area contributed by atoms with Crippen molar-refractivity contribution in [3.05, 3.63) is 59.2 Å². The van der Waals surface area contributed by atoms with Crippen LogP contribution >= 0.6 is 0 Å². The number of rotatable bonds is 8. The molecule has 2 aromatic rings. The Morgan fingerprint density at radius 3 is 2.40 bits per heavy atom. The van der Waals surface area contributed by atoms with Gasteiger partial charge in [-0.3, -0.25) is 0 Å². The summed E-state index contributed by atoms with van der Waals surface area (Å²) in [6.07, 6.45) is 0.646. The lowest BCUT2D eigenvalue weighted by Crippen LogP contribution is -2.26. The lowest BCUT2D eigenvalue weighted by molar-refractivity contribution is 0.330. The molecule has 0 bridgehead atoms. The highest BCUT2D eigenvalue weighted by molar-refractivity contribution is 7.89. The van der Waals surface area contributed by atoms with Gasteiger partial charge in [0, 0.05) is 6.54 Å². The Balaban J connectivity index is 2.25. The minimum absolute atomic E-state index is 0.219. The summed E-state index contributed by atoms with van der Waals surface area (Å²) < 4.78 is 33.9. The monoisotopic (exact) mass is 361 g/mol. The van der Waals surface area contributed by atoms with Crippen molar-refractivity contribution < 1.29 is 13.2 Å². The Labute approximate surface area is 151 Å². The molecule has 0 aliphatic heterocycles. The fourth-order valence-electron chi connectivity index (χ4n) is 2.83. The summed E-state index contributed by atoms with van der Waals surface area (Å²) in [6, 6.07) is 13.4. The van der Waals surface area contributed by atoms with E-state index in [1.165, 1.54) is 0 Å². The van der Waals surface area contributed by atoms with E-state index in [0.29, 0.717) is 25.3 Å². The highest BCUT2D eigenvalue weighted by Crippen LogP contribution is 2.31. The van der Waals surface area contributed by atoms with Crippen LogP contribution in [0.5, 0.6) is 5.75 Å². The second-order valence-electron chi connectivity index (χ2n) is 6.38. The summed E-state index contributed by atoms with van der Waals surface area (Å²) in [5.74, 6) is 0.658. The van der Waals surface area contributed by atoms with Gasteiger partial charge < -0.3 is 4.74 Å². The zero-order valence-electron chi connectivity index (χ0n) is 15.4. The van der Waals surface area contributed by atoms with Crippen LogP contribution in [0.25, 0.3) is 0 Å². The molecule has 0 heterocycles. The van der Waals surface area contributed by atoms with Crippen LogP contribution in [0.4, 0.5) is 0 Å². The summed E-state index contributed by atoms with van der Waals surface area (Å²) in [4.78, 5) is 0.219. The predicted molar refractivity (Wildman–Crippen MR) is 102 cm³/mol. The van der Waals surface area contributed by atoms with E-state index in [1.807, 2.05) is 50.2 Å². The molecule has 136 valence electrons. The molecule has 0 radical (unpaired) electrons. The number of hydrogen-bond acceptors (Lipinski definition) is 3. The molecule has 0 aliphatic carbocycles. The number of hydrogen-bond donors (Lipinski definition) is 1. The average Bonchev–Trinajstić information content (AvgIpc) is 2.55. The van der Waals surface area contributed by atoms with Gasteiger partial charge in [-0.2, -0.15) is 0 Å². The van der Waals surface area contributed by atoms with Crippen LogP contribution in [0.1, 0.15) is 43.4 Å². The second kappa shape index (κ2) is 8.50. The van der Waals surface area contributed by atoms with E-state index in [1.54, 1.807) is 6.07 Å². The van der Waals surface area contributed by atoms with Gasteiger partial charge in [0.2, 0.25) is 10.0 Å². The van der Waals surface area contributed by atoms with Gasteiger partial charge in [-0.05, 0) is 55.0 Å². The predicted octanol–water partition coefficient (Wildman–Crippen LogP) is 4.04. The normalized spacial score (nSPS) is 11.7. The van der Waals surface area contributed by atoms with Crippen molar-refractivity contribution in [2.45, 2.75) is 44.9 Å². The van der Waals surface area contributed by atoms with Gasteiger partial charge in [-0.25, -0.2) is 13.1 Å². The van der Waals surface area contributed by atoms with E-state index >= 15 is 0 Å². The molecular formula is C20H27NO3S. The van der Waals surface area contributed by atoms with E-state index in [2.05, 4.69) is 18.6 Å². The van der Waals surface area contributed by atoms with Crippen molar-refractivity contribution in [1.82, 2.24) is 4.72 Å². The topological polar surface area (TPSA) is 55.4 Å². The molecule has 1 N–H and O–H groups in total. The molecule has 0 unspecified atom stereocenters. The van der Waals surface area contributed by atoms with Crippen molar-refractivity contribution in [2.75, 3.05) is 13.2 Å². The molecule has 2 rings (SSSR count). The highest BCUT2D eigenvalue weighted by Gasteiger charge is 2.22. The molecule has 4 nitrogen and oxygen atoms in total. The maximum Gasteiger partial charge on any atom is 0.244 e. The van der Waals surface area contributed by atoms with Crippen LogP contribution in [0.2, 0.25) is 0 Å². The third-order valence-corrected chi connectivity index (χ3v) is 5.57. The lowest BCUT2D eigenvalue weighted by Gasteiger charge is -2.17. The summed E-state index contributed by atoms with van der Waals surface area (Å²) in [6.45, 7) is 8.72. The van der Waals surface area contributed by atoms with Crippen LogP contribution in [-0.4, -0.2) is 21.6 Å². The molecule has 0 saturated heterocycles. The zero-order chi connectivity index (χ0) is 18.4. The Morgan fingerprint density at radius 1 is 1.12 bits per heavy atom. The number of sulfonamides is 1. The van der Waals surface area contributed by atoms with Crippen molar-refractivity contribution in [3.8, 4) is 5.75 Å². The number of benzene rings is 2. The van der Waals surface area contributed by atoms with Crippen LogP contribution in [0.3, 0.4) is 0 Å². The number of nitrogens with one attached hydrogen (secondary N) is 1. The maximum atomic E-state index is 12.8. The first-order valence-electron chi connectivity index (χ1n) is 8.66. The third-order valence-electron chi connectivity index (χ3n) is 4.09. The largest absolute Gasteiger partial charge is 0.492 e. The Kier molecular flexibility index (Phi) is 6.62. The molecule has 5 heteroatoms. The molecule has 0 saturated carbocycles. The maximum absolute atomic E-state index is 12.8. The van der Waals surface area contributed by atoms with Crippen molar-refractivity contribution in [1.29, 1.82) is 0 Å².